The van der Waals surface area contributed by atoms with Gasteiger partial charge >= 0.3 is 17.6 Å². The first-order chi connectivity index (χ1) is 13.3. The molecule has 0 aliphatic carbocycles. The average molecular weight is 379 g/mol. The second kappa shape index (κ2) is 7.20. The summed E-state index contributed by atoms with van der Waals surface area (Å²) in [5.41, 5.74) is 0.432. The first-order valence-electron chi connectivity index (χ1n) is 7.97. The van der Waals surface area contributed by atoms with E-state index in [-0.39, 0.29) is 22.3 Å². The van der Waals surface area contributed by atoms with Gasteiger partial charge in [0.15, 0.2) is 0 Å². The predicted octanol–water partition coefficient (Wildman–Crippen LogP) is 4.03. The summed E-state index contributed by atoms with van der Waals surface area (Å²) in [5, 5.41) is 40.1. The Morgan fingerprint density at radius 1 is 0.786 bits per heavy atom. The van der Waals surface area contributed by atoms with E-state index in [1.54, 1.807) is 6.07 Å². The van der Waals surface area contributed by atoms with E-state index in [4.69, 9.17) is 10.2 Å². The van der Waals surface area contributed by atoms with Crippen molar-refractivity contribution in [3.63, 3.8) is 0 Å². The summed E-state index contributed by atoms with van der Waals surface area (Å²) < 4.78 is 0. The van der Waals surface area contributed by atoms with Crippen molar-refractivity contribution >= 4 is 17.6 Å². The summed E-state index contributed by atoms with van der Waals surface area (Å²) in [5.74, 6) is -2.93. The molecule has 0 saturated carbocycles. The van der Waals surface area contributed by atoms with Crippen molar-refractivity contribution in [1.82, 2.24) is 0 Å². The number of rotatable bonds is 5. The lowest BCUT2D eigenvalue weighted by atomic mass is 9.95. The first-order valence-corrected chi connectivity index (χ1v) is 7.97. The quantitative estimate of drug-likeness (QED) is 0.449. The molecule has 8 heteroatoms. The van der Waals surface area contributed by atoms with Gasteiger partial charge in [0.2, 0.25) is 5.75 Å². The molecule has 0 aliphatic rings. The van der Waals surface area contributed by atoms with E-state index in [0.717, 1.165) is 6.07 Å². The van der Waals surface area contributed by atoms with Crippen LogP contribution in [0.25, 0.3) is 22.3 Å². The van der Waals surface area contributed by atoms with E-state index in [9.17, 15) is 24.8 Å². The van der Waals surface area contributed by atoms with Crippen LogP contribution in [0.4, 0.5) is 5.69 Å². The van der Waals surface area contributed by atoms with Crippen LogP contribution >= 0.6 is 0 Å². The molecule has 0 bridgehead atoms. The molecular formula is C20H13NO7. The fourth-order valence-electron chi connectivity index (χ4n) is 2.80. The maximum atomic E-state index is 11.4. The highest BCUT2D eigenvalue weighted by atomic mass is 16.6. The lowest BCUT2D eigenvalue weighted by Gasteiger charge is -2.10. The van der Waals surface area contributed by atoms with Crippen LogP contribution < -0.4 is 0 Å². The van der Waals surface area contributed by atoms with Gasteiger partial charge in [0.25, 0.3) is 0 Å². The van der Waals surface area contributed by atoms with Gasteiger partial charge in [-0.3, -0.25) is 10.1 Å². The molecule has 0 radical (unpaired) electrons. The van der Waals surface area contributed by atoms with Gasteiger partial charge in [-0.15, -0.1) is 0 Å². The van der Waals surface area contributed by atoms with Crippen molar-refractivity contribution in [2.24, 2.45) is 0 Å². The van der Waals surface area contributed by atoms with Crippen molar-refractivity contribution in [1.29, 1.82) is 0 Å². The molecule has 140 valence electrons. The van der Waals surface area contributed by atoms with Crippen molar-refractivity contribution in [2.45, 2.75) is 0 Å². The number of aromatic hydroxyl groups is 1. The van der Waals surface area contributed by atoms with E-state index in [1.807, 2.05) is 0 Å². The molecule has 8 nitrogen and oxygen atoms in total. The van der Waals surface area contributed by atoms with Crippen LogP contribution in [0.15, 0.2) is 60.7 Å². The Kier molecular flexibility index (Phi) is 4.78. The highest BCUT2D eigenvalue weighted by Gasteiger charge is 2.21. The lowest BCUT2D eigenvalue weighted by molar-refractivity contribution is -0.385. The summed E-state index contributed by atoms with van der Waals surface area (Å²) in [6, 6.07) is 14.0. The van der Waals surface area contributed by atoms with Crippen LogP contribution in [0.3, 0.4) is 0 Å². The SMILES string of the molecule is O=C(O)c1cccc(-c2cc(-c3cccc(C(=O)O)c3)c(O)c([N+](=O)[O-])c2)c1. The summed E-state index contributed by atoms with van der Waals surface area (Å²) in [6.45, 7) is 0. The number of benzene rings is 3. The van der Waals surface area contributed by atoms with E-state index in [2.05, 4.69) is 0 Å². The maximum absolute atomic E-state index is 11.4. The summed E-state index contributed by atoms with van der Waals surface area (Å²) in [7, 11) is 0. The third-order valence-corrected chi connectivity index (χ3v) is 4.15. The molecule has 28 heavy (non-hydrogen) atoms. The number of hydrogen-bond acceptors (Lipinski definition) is 5. The van der Waals surface area contributed by atoms with Gasteiger partial charge in [0.1, 0.15) is 0 Å². The topological polar surface area (TPSA) is 138 Å². The molecule has 3 aromatic carbocycles. The average Bonchev–Trinajstić information content (AvgIpc) is 2.68. The smallest absolute Gasteiger partial charge is 0.335 e. The number of carboxylic acids is 2. The lowest BCUT2D eigenvalue weighted by Crippen LogP contribution is -1.98. The first kappa shape index (κ1) is 18.6. The fourth-order valence-corrected chi connectivity index (χ4v) is 2.80. The van der Waals surface area contributed by atoms with E-state index < -0.39 is 28.3 Å². The molecule has 0 spiro atoms. The molecule has 0 amide bonds. The largest absolute Gasteiger partial charge is 0.502 e. The number of nitrogens with zero attached hydrogens (tertiary/aromatic N) is 1. The number of phenolic OH excluding ortho intramolecular Hbond substituents is 1. The summed E-state index contributed by atoms with van der Waals surface area (Å²) in [4.78, 5) is 33.0. The zero-order chi connectivity index (χ0) is 20.4. The Labute approximate surface area is 158 Å². The standard InChI is InChI=1S/C20H13NO7/c22-18-16(12-4-2-6-14(8-12)20(25)26)9-15(10-17(18)21(27)28)11-3-1-5-13(7-11)19(23)24/h1-10,22H,(H,23,24)(H,25,26). The van der Waals surface area contributed by atoms with Crippen molar-refractivity contribution in [3.8, 4) is 28.0 Å². The highest BCUT2D eigenvalue weighted by Crippen LogP contribution is 2.41. The Morgan fingerprint density at radius 3 is 1.86 bits per heavy atom. The molecule has 3 aromatic rings. The number of carbonyl (C=O) groups is 2. The molecule has 0 unspecified atom stereocenters. The zero-order valence-electron chi connectivity index (χ0n) is 14.2. The van der Waals surface area contributed by atoms with Gasteiger partial charge in [-0.2, -0.15) is 0 Å². The van der Waals surface area contributed by atoms with Crippen molar-refractivity contribution in [2.75, 3.05) is 0 Å². The highest BCUT2D eigenvalue weighted by molar-refractivity contribution is 5.92. The second-order valence-electron chi connectivity index (χ2n) is 5.92. The Morgan fingerprint density at radius 2 is 1.32 bits per heavy atom. The van der Waals surface area contributed by atoms with E-state index in [1.165, 1.54) is 48.5 Å². The molecule has 0 heterocycles. The Balaban J connectivity index is 2.26. The normalized spacial score (nSPS) is 10.4. The third kappa shape index (κ3) is 3.51. The molecule has 0 fully saturated rings. The summed E-state index contributed by atoms with van der Waals surface area (Å²) in [6.07, 6.45) is 0. The molecule has 3 N–H and O–H groups in total. The van der Waals surface area contributed by atoms with Gasteiger partial charge in [0, 0.05) is 11.6 Å². The van der Waals surface area contributed by atoms with Crippen LogP contribution in [0.2, 0.25) is 0 Å². The van der Waals surface area contributed by atoms with Gasteiger partial charge in [0.05, 0.1) is 16.1 Å². The fraction of sp³-hybridized carbons (Fsp3) is 0. The number of nitro groups is 1. The van der Waals surface area contributed by atoms with Crippen LogP contribution in [0.5, 0.6) is 5.75 Å². The predicted molar refractivity (Wildman–Crippen MR) is 99.6 cm³/mol. The third-order valence-electron chi connectivity index (χ3n) is 4.15. The summed E-state index contributed by atoms with van der Waals surface area (Å²) >= 11 is 0. The van der Waals surface area contributed by atoms with Gasteiger partial charge in [-0.05, 0) is 47.0 Å². The number of phenols is 1. The number of carboxylic acid groups (broad SMARTS) is 2. The number of nitro benzene ring substituents is 1. The Hall–Kier alpha value is -4.20. The van der Waals surface area contributed by atoms with Crippen LogP contribution in [-0.2, 0) is 0 Å². The molecule has 0 aliphatic heterocycles. The van der Waals surface area contributed by atoms with Gasteiger partial charge in [-0.1, -0.05) is 24.3 Å². The molecule has 0 aromatic heterocycles. The van der Waals surface area contributed by atoms with E-state index >= 15 is 0 Å². The van der Waals surface area contributed by atoms with Gasteiger partial charge < -0.3 is 15.3 Å². The number of aromatic carboxylic acids is 2. The maximum Gasteiger partial charge on any atom is 0.335 e. The molecule has 3 rings (SSSR count). The van der Waals surface area contributed by atoms with Crippen LogP contribution in [0.1, 0.15) is 20.7 Å². The monoisotopic (exact) mass is 379 g/mol. The molecular weight excluding hydrogens is 366 g/mol. The second-order valence-corrected chi connectivity index (χ2v) is 5.92. The number of hydrogen-bond donors (Lipinski definition) is 3. The van der Waals surface area contributed by atoms with Gasteiger partial charge in [-0.25, -0.2) is 9.59 Å². The van der Waals surface area contributed by atoms with E-state index in [0.29, 0.717) is 11.1 Å². The van der Waals surface area contributed by atoms with Crippen molar-refractivity contribution < 1.29 is 29.8 Å². The molecule has 0 atom stereocenters. The van der Waals surface area contributed by atoms with Crippen molar-refractivity contribution in [3.05, 3.63) is 81.9 Å². The zero-order valence-corrected chi connectivity index (χ0v) is 14.2. The minimum Gasteiger partial charge on any atom is -0.502 e. The van der Waals surface area contributed by atoms with Crippen LogP contribution in [0, 0.1) is 10.1 Å². The molecule has 0 saturated heterocycles. The van der Waals surface area contributed by atoms with Crippen LogP contribution in [-0.4, -0.2) is 32.2 Å². The minimum absolute atomic E-state index is 0.00246. The Bertz CT molecular complexity index is 1120. The minimum atomic E-state index is -1.18.